The fraction of sp³-hybridized carbons (Fsp3) is 0.538. The standard InChI is InChI=1S/C13H22FN/c1-5-6-11(3)13(9-15)8-7-10(2)12(4)14/h6-8,12H,5,9,15H2,1-4H3/b10-7+,11-6+,13-8+. The maximum absolute atomic E-state index is 12.9. The van der Waals surface area contributed by atoms with Crippen molar-refractivity contribution in [2.45, 2.75) is 40.3 Å². The van der Waals surface area contributed by atoms with Crippen LogP contribution in [0, 0.1) is 0 Å². The van der Waals surface area contributed by atoms with Crippen molar-refractivity contribution in [3.63, 3.8) is 0 Å². The molecule has 1 atom stereocenters. The molecule has 0 aromatic carbocycles. The molecule has 1 unspecified atom stereocenters. The summed E-state index contributed by atoms with van der Waals surface area (Å²) in [6.07, 6.45) is 5.94. The van der Waals surface area contributed by atoms with Crippen molar-refractivity contribution >= 4 is 0 Å². The van der Waals surface area contributed by atoms with Crippen LogP contribution in [0.2, 0.25) is 0 Å². The van der Waals surface area contributed by atoms with E-state index in [1.54, 1.807) is 13.0 Å². The molecule has 0 spiro atoms. The molecule has 2 N–H and O–H groups in total. The van der Waals surface area contributed by atoms with Gasteiger partial charge in [-0.15, -0.1) is 0 Å². The van der Waals surface area contributed by atoms with Crippen LogP contribution in [0.4, 0.5) is 4.39 Å². The normalized spacial score (nSPS) is 16.8. The number of allylic oxidation sites excluding steroid dienone is 4. The molecule has 0 rings (SSSR count). The van der Waals surface area contributed by atoms with Crippen LogP contribution in [0.3, 0.4) is 0 Å². The molecular weight excluding hydrogens is 189 g/mol. The molecule has 0 aliphatic rings. The van der Waals surface area contributed by atoms with Crippen LogP contribution < -0.4 is 5.73 Å². The van der Waals surface area contributed by atoms with E-state index in [4.69, 9.17) is 5.73 Å². The number of nitrogens with two attached hydrogens (primary N) is 1. The molecule has 0 aromatic heterocycles. The first kappa shape index (κ1) is 14.1. The second-order valence-electron chi connectivity index (χ2n) is 3.72. The minimum atomic E-state index is -0.893. The fourth-order valence-electron chi connectivity index (χ4n) is 1.16. The molecule has 2 heteroatoms. The highest BCUT2D eigenvalue weighted by molar-refractivity contribution is 5.34. The van der Waals surface area contributed by atoms with Crippen LogP contribution in [0.25, 0.3) is 0 Å². The summed E-state index contributed by atoms with van der Waals surface area (Å²) in [7, 11) is 0. The first-order valence-electron chi connectivity index (χ1n) is 5.41. The molecule has 0 bridgehead atoms. The van der Waals surface area contributed by atoms with Crippen LogP contribution in [0.5, 0.6) is 0 Å². The summed E-state index contributed by atoms with van der Waals surface area (Å²) < 4.78 is 12.9. The van der Waals surface area contributed by atoms with Crippen LogP contribution in [-0.4, -0.2) is 12.7 Å². The third kappa shape index (κ3) is 5.53. The van der Waals surface area contributed by atoms with E-state index in [9.17, 15) is 4.39 Å². The van der Waals surface area contributed by atoms with Crippen molar-refractivity contribution in [1.29, 1.82) is 0 Å². The summed E-state index contributed by atoms with van der Waals surface area (Å²) in [4.78, 5) is 0. The second kappa shape index (κ2) is 7.41. The van der Waals surface area contributed by atoms with Gasteiger partial charge >= 0.3 is 0 Å². The Bertz CT molecular complexity index is 272. The lowest BCUT2D eigenvalue weighted by molar-refractivity contribution is 0.411. The van der Waals surface area contributed by atoms with E-state index in [-0.39, 0.29) is 0 Å². The van der Waals surface area contributed by atoms with E-state index in [1.165, 1.54) is 12.5 Å². The van der Waals surface area contributed by atoms with Crippen LogP contribution in [-0.2, 0) is 0 Å². The highest BCUT2D eigenvalue weighted by atomic mass is 19.1. The summed E-state index contributed by atoms with van der Waals surface area (Å²) in [6, 6.07) is 0. The van der Waals surface area contributed by atoms with Gasteiger partial charge in [0.25, 0.3) is 0 Å². The molecule has 0 aliphatic heterocycles. The molecule has 0 amide bonds. The number of halogens is 1. The maximum Gasteiger partial charge on any atom is 0.118 e. The predicted octanol–water partition coefficient (Wildman–Crippen LogP) is 3.53. The fourth-order valence-corrected chi connectivity index (χ4v) is 1.16. The van der Waals surface area contributed by atoms with Gasteiger partial charge in [-0.3, -0.25) is 0 Å². The van der Waals surface area contributed by atoms with Gasteiger partial charge in [0.15, 0.2) is 0 Å². The summed E-state index contributed by atoms with van der Waals surface area (Å²) >= 11 is 0. The first-order valence-corrected chi connectivity index (χ1v) is 5.41. The molecular formula is C13H22FN. The van der Waals surface area contributed by atoms with E-state index in [0.717, 1.165) is 17.6 Å². The van der Waals surface area contributed by atoms with E-state index in [2.05, 4.69) is 13.0 Å². The van der Waals surface area contributed by atoms with Crippen molar-refractivity contribution in [2.75, 3.05) is 6.54 Å². The lowest BCUT2D eigenvalue weighted by Crippen LogP contribution is -2.04. The highest BCUT2D eigenvalue weighted by Crippen LogP contribution is 2.11. The molecule has 1 nitrogen and oxygen atoms in total. The van der Waals surface area contributed by atoms with Gasteiger partial charge in [0.05, 0.1) is 0 Å². The number of rotatable bonds is 5. The van der Waals surface area contributed by atoms with Crippen molar-refractivity contribution in [2.24, 2.45) is 5.73 Å². The maximum atomic E-state index is 12.9. The Morgan fingerprint density at radius 2 is 1.93 bits per heavy atom. The van der Waals surface area contributed by atoms with Crippen molar-refractivity contribution < 1.29 is 4.39 Å². The monoisotopic (exact) mass is 211 g/mol. The van der Waals surface area contributed by atoms with Crippen molar-refractivity contribution in [3.8, 4) is 0 Å². The van der Waals surface area contributed by atoms with Crippen LogP contribution >= 0.6 is 0 Å². The summed E-state index contributed by atoms with van der Waals surface area (Å²) in [5.74, 6) is 0. The lowest BCUT2D eigenvalue weighted by Gasteiger charge is -2.05. The zero-order valence-electron chi connectivity index (χ0n) is 10.2. The van der Waals surface area contributed by atoms with E-state index in [1.807, 2.05) is 13.0 Å². The van der Waals surface area contributed by atoms with Gasteiger partial charge in [-0.2, -0.15) is 0 Å². The Kier molecular flexibility index (Phi) is 6.97. The molecule has 0 saturated carbocycles. The minimum Gasteiger partial charge on any atom is -0.326 e. The minimum absolute atomic E-state index is 0.493. The molecule has 0 saturated heterocycles. The lowest BCUT2D eigenvalue weighted by atomic mass is 10.1. The van der Waals surface area contributed by atoms with Crippen molar-refractivity contribution in [1.82, 2.24) is 0 Å². The second-order valence-corrected chi connectivity index (χ2v) is 3.72. The Labute approximate surface area is 92.6 Å². The molecule has 0 heterocycles. The Hall–Kier alpha value is -0.890. The third-order valence-electron chi connectivity index (χ3n) is 2.41. The van der Waals surface area contributed by atoms with Gasteiger partial charge < -0.3 is 5.73 Å². The Morgan fingerprint density at radius 1 is 1.33 bits per heavy atom. The largest absolute Gasteiger partial charge is 0.326 e. The molecule has 15 heavy (non-hydrogen) atoms. The summed E-state index contributed by atoms with van der Waals surface area (Å²) in [5.41, 5.74) is 8.60. The van der Waals surface area contributed by atoms with Gasteiger partial charge in [-0.25, -0.2) is 4.39 Å². The molecule has 86 valence electrons. The highest BCUT2D eigenvalue weighted by Gasteiger charge is 1.99. The number of hydrogen-bond acceptors (Lipinski definition) is 1. The van der Waals surface area contributed by atoms with Gasteiger partial charge in [-0.05, 0) is 38.3 Å². The number of hydrogen-bond donors (Lipinski definition) is 1. The SMILES string of the molecule is CC/C=C(C)/C(=C/C=C(\C)C(C)F)CN. The van der Waals surface area contributed by atoms with E-state index >= 15 is 0 Å². The average molecular weight is 211 g/mol. The van der Waals surface area contributed by atoms with Crippen molar-refractivity contribution in [3.05, 3.63) is 34.9 Å². The molecule has 0 radical (unpaired) electrons. The molecule has 0 aliphatic carbocycles. The van der Waals surface area contributed by atoms with Gasteiger partial charge in [0.1, 0.15) is 6.17 Å². The van der Waals surface area contributed by atoms with Gasteiger partial charge in [-0.1, -0.05) is 30.7 Å². The van der Waals surface area contributed by atoms with E-state index in [0.29, 0.717) is 6.54 Å². The zero-order valence-corrected chi connectivity index (χ0v) is 10.2. The quantitative estimate of drug-likeness (QED) is 0.692. The summed E-state index contributed by atoms with van der Waals surface area (Å²) in [6.45, 7) is 7.93. The average Bonchev–Trinajstić information content (AvgIpc) is 2.18. The Morgan fingerprint density at radius 3 is 2.33 bits per heavy atom. The van der Waals surface area contributed by atoms with Gasteiger partial charge in [0, 0.05) is 6.54 Å². The van der Waals surface area contributed by atoms with Crippen LogP contribution in [0.15, 0.2) is 34.9 Å². The molecule has 0 aromatic rings. The third-order valence-corrected chi connectivity index (χ3v) is 2.41. The van der Waals surface area contributed by atoms with Gasteiger partial charge in [0.2, 0.25) is 0 Å². The number of alkyl halides is 1. The topological polar surface area (TPSA) is 26.0 Å². The Balaban J connectivity index is 4.75. The van der Waals surface area contributed by atoms with Crippen LogP contribution in [0.1, 0.15) is 34.1 Å². The first-order chi connectivity index (χ1) is 7.02. The summed E-state index contributed by atoms with van der Waals surface area (Å²) in [5, 5.41) is 0. The predicted molar refractivity (Wildman–Crippen MR) is 65.5 cm³/mol. The smallest absolute Gasteiger partial charge is 0.118 e. The molecule has 0 fully saturated rings. The van der Waals surface area contributed by atoms with E-state index < -0.39 is 6.17 Å². The zero-order chi connectivity index (χ0) is 11.8.